The zero-order valence-electron chi connectivity index (χ0n) is 6.61. The summed E-state index contributed by atoms with van der Waals surface area (Å²) in [5, 5.41) is 0. The molecular formula is C9H13FO. The first-order valence-electron chi connectivity index (χ1n) is 4.19. The van der Waals surface area contributed by atoms with Crippen LogP contribution in [0.25, 0.3) is 0 Å². The average Bonchev–Trinajstić information content (AvgIpc) is 2.07. The summed E-state index contributed by atoms with van der Waals surface area (Å²) in [4.78, 5) is 10.9. The van der Waals surface area contributed by atoms with Gasteiger partial charge in [-0.25, -0.2) is 4.39 Å². The molecule has 11 heavy (non-hydrogen) atoms. The summed E-state index contributed by atoms with van der Waals surface area (Å²) in [5.74, 6) is -0.834. The van der Waals surface area contributed by atoms with Crippen LogP contribution < -0.4 is 0 Å². The summed E-state index contributed by atoms with van der Waals surface area (Å²) in [6.07, 6.45) is 6.58. The maximum Gasteiger partial charge on any atom is 0.190 e. The van der Waals surface area contributed by atoms with Crippen molar-refractivity contribution >= 4 is 5.78 Å². The maximum absolute atomic E-state index is 12.7. The fourth-order valence-corrected chi connectivity index (χ4v) is 1.25. The number of carbonyl (C=O) groups is 1. The molecule has 0 fully saturated rings. The molecule has 0 spiro atoms. The van der Waals surface area contributed by atoms with Gasteiger partial charge in [0.2, 0.25) is 0 Å². The summed E-state index contributed by atoms with van der Waals surface area (Å²) in [7, 11) is 0. The van der Waals surface area contributed by atoms with E-state index in [1.807, 2.05) is 0 Å². The highest BCUT2D eigenvalue weighted by Gasteiger charge is 2.08. The van der Waals surface area contributed by atoms with Gasteiger partial charge in [0.15, 0.2) is 11.6 Å². The first-order chi connectivity index (χ1) is 5.30. The van der Waals surface area contributed by atoms with Gasteiger partial charge in [-0.15, -0.1) is 0 Å². The van der Waals surface area contributed by atoms with Gasteiger partial charge in [-0.1, -0.05) is 12.8 Å². The van der Waals surface area contributed by atoms with Crippen LogP contribution in [0.15, 0.2) is 11.9 Å². The molecule has 0 bridgehead atoms. The van der Waals surface area contributed by atoms with Gasteiger partial charge in [0.1, 0.15) is 0 Å². The van der Waals surface area contributed by atoms with Crippen molar-refractivity contribution in [2.24, 2.45) is 0 Å². The summed E-state index contributed by atoms with van der Waals surface area (Å²) in [6, 6.07) is 0. The molecule has 0 heterocycles. The van der Waals surface area contributed by atoms with Crippen molar-refractivity contribution in [2.45, 2.75) is 38.5 Å². The van der Waals surface area contributed by atoms with Gasteiger partial charge in [-0.3, -0.25) is 4.79 Å². The molecule has 0 saturated carbocycles. The fraction of sp³-hybridized carbons (Fsp3) is 0.667. The lowest BCUT2D eigenvalue weighted by Crippen LogP contribution is -1.96. The van der Waals surface area contributed by atoms with E-state index in [-0.39, 0.29) is 5.78 Å². The van der Waals surface area contributed by atoms with E-state index in [0.717, 1.165) is 32.1 Å². The van der Waals surface area contributed by atoms with Crippen LogP contribution in [0.1, 0.15) is 38.5 Å². The molecule has 2 heteroatoms. The van der Waals surface area contributed by atoms with Gasteiger partial charge < -0.3 is 0 Å². The SMILES string of the molecule is O=C1CCCCCC/C=C/1F. The Balaban J connectivity index is 2.51. The van der Waals surface area contributed by atoms with Gasteiger partial charge in [0.25, 0.3) is 0 Å². The van der Waals surface area contributed by atoms with Gasteiger partial charge in [-0.05, 0) is 25.3 Å². The lowest BCUT2D eigenvalue weighted by molar-refractivity contribution is -0.117. The van der Waals surface area contributed by atoms with Crippen molar-refractivity contribution in [3.05, 3.63) is 11.9 Å². The van der Waals surface area contributed by atoms with Crippen LogP contribution in [0, 0.1) is 0 Å². The normalized spacial score (nSPS) is 26.3. The molecule has 0 amide bonds. The van der Waals surface area contributed by atoms with Crippen LogP contribution in [0.4, 0.5) is 4.39 Å². The molecular weight excluding hydrogens is 143 g/mol. The zero-order chi connectivity index (χ0) is 8.10. The van der Waals surface area contributed by atoms with Crippen molar-refractivity contribution in [1.29, 1.82) is 0 Å². The van der Waals surface area contributed by atoms with Crippen molar-refractivity contribution in [3.63, 3.8) is 0 Å². The summed E-state index contributed by atoms with van der Waals surface area (Å²) in [6.45, 7) is 0. The first-order valence-corrected chi connectivity index (χ1v) is 4.19. The van der Waals surface area contributed by atoms with Crippen LogP contribution in [0.5, 0.6) is 0 Å². The molecule has 0 aromatic carbocycles. The van der Waals surface area contributed by atoms with Crippen molar-refractivity contribution in [2.75, 3.05) is 0 Å². The fourth-order valence-electron chi connectivity index (χ4n) is 1.25. The average molecular weight is 156 g/mol. The van der Waals surface area contributed by atoms with Crippen LogP contribution in [0.3, 0.4) is 0 Å². The minimum Gasteiger partial charge on any atom is -0.292 e. The maximum atomic E-state index is 12.7. The third-order valence-corrected chi connectivity index (χ3v) is 1.95. The minimum atomic E-state index is -0.521. The molecule has 1 aliphatic carbocycles. The largest absolute Gasteiger partial charge is 0.292 e. The summed E-state index contributed by atoms with van der Waals surface area (Å²) < 4.78 is 12.7. The molecule has 0 aliphatic heterocycles. The molecule has 1 rings (SSSR count). The number of ketones is 1. The van der Waals surface area contributed by atoms with E-state index < -0.39 is 5.83 Å². The van der Waals surface area contributed by atoms with E-state index >= 15 is 0 Å². The van der Waals surface area contributed by atoms with E-state index in [9.17, 15) is 9.18 Å². The highest BCUT2D eigenvalue weighted by molar-refractivity contribution is 5.93. The highest BCUT2D eigenvalue weighted by Crippen LogP contribution is 2.14. The third-order valence-electron chi connectivity index (χ3n) is 1.95. The van der Waals surface area contributed by atoms with Gasteiger partial charge >= 0.3 is 0 Å². The van der Waals surface area contributed by atoms with Crippen LogP contribution in [-0.2, 0) is 4.79 Å². The molecule has 1 aliphatic rings. The number of hydrogen-bond acceptors (Lipinski definition) is 1. The Labute approximate surface area is 66.3 Å². The highest BCUT2D eigenvalue weighted by atomic mass is 19.1. The van der Waals surface area contributed by atoms with Crippen molar-refractivity contribution in [1.82, 2.24) is 0 Å². The van der Waals surface area contributed by atoms with E-state index in [4.69, 9.17) is 0 Å². The van der Waals surface area contributed by atoms with Crippen LogP contribution in [-0.4, -0.2) is 5.78 Å². The Kier molecular flexibility index (Phi) is 3.27. The van der Waals surface area contributed by atoms with E-state index in [1.54, 1.807) is 0 Å². The smallest absolute Gasteiger partial charge is 0.190 e. The van der Waals surface area contributed by atoms with Crippen molar-refractivity contribution in [3.8, 4) is 0 Å². The molecule has 0 atom stereocenters. The van der Waals surface area contributed by atoms with Crippen molar-refractivity contribution < 1.29 is 9.18 Å². The lowest BCUT2D eigenvalue weighted by atomic mass is 10.1. The Morgan fingerprint density at radius 2 is 1.91 bits per heavy atom. The second-order valence-corrected chi connectivity index (χ2v) is 2.93. The predicted molar refractivity (Wildman–Crippen MR) is 41.9 cm³/mol. The summed E-state index contributed by atoms with van der Waals surface area (Å²) >= 11 is 0. The number of halogens is 1. The molecule has 1 nitrogen and oxygen atoms in total. The number of Topliss-reactive ketones (excluding diaryl/α,β-unsaturated/α-hetero) is 1. The second kappa shape index (κ2) is 4.27. The molecule has 0 saturated heterocycles. The number of allylic oxidation sites excluding steroid dienone is 2. The van der Waals surface area contributed by atoms with Gasteiger partial charge in [0, 0.05) is 6.42 Å². The Morgan fingerprint density at radius 3 is 2.73 bits per heavy atom. The van der Waals surface area contributed by atoms with Crippen LogP contribution in [0.2, 0.25) is 0 Å². The molecule has 0 aromatic heterocycles. The molecule has 62 valence electrons. The Hall–Kier alpha value is -0.660. The number of carbonyl (C=O) groups excluding carboxylic acids is 1. The minimum absolute atomic E-state index is 0.313. The van der Waals surface area contributed by atoms with Gasteiger partial charge in [-0.2, -0.15) is 0 Å². The second-order valence-electron chi connectivity index (χ2n) is 2.93. The topological polar surface area (TPSA) is 17.1 Å². The Morgan fingerprint density at radius 1 is 1.18 bits per heavy atom. The van der Waals surface area contributed by atoms with Crippen LogP contribution >= 0.6 is 0 Å². The molecule has 0 unspecified atom stereocenters. The first kappa shape index (κ1) is 8.44. The standard InChI is InChI=1S/C9H13FO/c10-8-6-4-2-1-3-5-7-9(8)11/h6H,1-5,7H2/b8-6-. The zero-order valence-corrected chi connectivity index (χ0v) is 6.61. The quantitative estimate of drug-likeness (QED) is 0.527. The predicted octanol–water partition coefficient (Wildman–Crippen LogP) is 2.76. The molecule has 0 N–H and O–H groups in total. The number of rotatable bonds is 0. The Bertz CT molecular complexity index is 172. The molecule has 0 aromatic rings. The van der Waals surface area contributed by atoms with E-state index in [0.29, 0.717) is 6.42 Å². The monoisotopic (exact) mass is 156 g/mol. The van der Waals surface area contributed by atoms with E-state index in [1.165, 1.54) is 6.08 Å². The van der Waals surface area contributed by atoms with Gasteiger partial charge in [0.05, 0.1) is 0 Å². The molecule has 0 radical (unpaired) electrons. The number of hydrogen-bond donors (Lipinski definition) is 0. The lowest BCUT2D eigenvalue weighted by Gasteiger charge is -1.94. The van der Waals surface area contributed by atoms with E-state index in [2.05, 4.69) is 0 Å². The third kappa shape index (κ3) is 2.83. The summed E-state index contributed by atoms with van der Waals surface area (Å²) in [5.41, 5.74) is 0.